The molecule has 1 aromatic rings. The molecule has 2 heterocycles. The Morgan fingerprint density at radius 2 is 2.22 bits per heavy atom. The maximum absolute atomic E-state index is 11.8. The van der Waals surface area contributed by atoms with Gasteiger partial charge in [-0.15, -0.1) is 11.3 Å². The van der Waals surface area contributed by atoms with E-state index in [1.165, 1.54) is 0 Å². The highest BCUT2D eigenvalue weighted by molar-refractivity contribution is 9.11. The summed E-state index contributed by atoms with van der Waals surface area (Å²) in [5, 5.41) is 13.4. The minimum Gasteiger partial charge on any atom is -0.479 e. The first kappa shape index (κ1) is 13.5. The normalized spacial score (nSPS) is 22.9. The maximum Gasteiger partial charge on any atom is 0.332 e. The minimum atomic E-state index is -1.01. The Kier molecular flexibility index (Phi) is 4.36. The zero-order valence-corrected chi connectivity index (χ0v) is 11.8. The first-order chi connectivity index (χ1) is 8.56. The summed E-state index contributed by atoms with van der Waals surface area (Å²) in [4.78, 5) is 22.4. The lowest BCUT2D eigenvalue weighted by Gasteiger charge is -2.11. The van der Waals surface area contributed by atoms with Crippen LogP contribution in [0.4, 0.5) is 0 Å². The fourth-order valence-electron chi connectivity index (χ4n) is 1.75. The Labute approximate surface area is 116 Å². The van der Waals surface area contributed by atoms with Crippen molar-refractivity contribution in [2.75, 3.05) is 0 Å². The van der Waals surface area contributed by atoms with Crippen molar-refractivity contribution < 1.29 is 19.4 Å². The van der Waals surface area contributed by atoms with Crippen molar-refractivity contribution in [3.8, 4) is 0 Å². The number of amides is 1. The standard InChI is InChI=1S/C11H12BrNO4S/c12-9-3-6(5-18-9)4-13-10(14)7-1-2-8(17-7)11(15)16/h3,5,7-8H,1-2,4H2,(H,13,14)(H,15,16)/t7-,8+/m0/s1. The van der Waals surface area contributed by atoms with Crippen LogP contribution in [0.3, 0.4) is 0 Å². The van der Waals surface area contributed by atoms with Crippen LogP contribution < -0.4 is 5.32 Å². The van der Waals surface area contributed by atoms with Crippen LogP contribution in [-0.4, -0.2) is 29.2 Å². The Morgan fingerprint density at radius 1 is 1.50 bits per heavy atom. The van der Waals surface area contributed by atoms with Crippen molar-refractivity contribution >= 4 is 39.1 Å². The first-order valence-electron chi connectivity index (χ1n) is 5.45. The van der Waals surface area contributed by atoms with Gasteiger partial charge >= 0.3 is 5.97 Å². The van der Waals surface area contributed by atoms with E-state index in [4.69, 9.17) is 9.84 Å². The summed E-state index contributed by atoms with van der Waals surface area (Å²) in [5.41, 5.74) is 1.01. The van der Waals surface area contributed by atoms with Gasteiger partial charge in [0.05, 0.1) is 3.79 Å². The molecule has 98 valence electrons. The van der Waals surface area contributed by atoms with Crippen LogP contribution in [0.15, 0.2) is 15.2 Å². The highest BCUT2D eigenvalue weighted by atomic mass is 79.9. The van der Waals surface area contributed by atoms with E-state index in [9.17, 15) is 9.59 Å². The van der Waals surface area contributed by atoms with Crippen molar-refractivity contribution in [1.82, 2.24) is 5.32 Å². The third kappa shape index (κ3) is 3.30. The van der Waals surface area contributed by atoms with Gasteiger partial charge in [0.25, 0.3) is 0 Å². The maximum atomic E-state index is 11.8. The van der Waals surface area contributed by atoms with Gasteiger partial charge < -0.3 is 15.2 Å². The molecule has 0 spiro atoms. The Morgan fingerprint density at radius 3 is 2.78 bits per heavy atom. The summed E-state index contributed by atoms with van der Waals surface area (Å²) in [6.45, 7) is 0.429. The van der Waals surface area contributed by atoms with E-state index in [1.54, 1.807) is 11.3 Å². The van der Waals surface area contributed by atoms with Crippen LogP contribution in [0.25, 0.3) is 0 Å². The molecule has 7 heteroatoms. The van der Waals surface area contributed by atoms with E-state index in [0.29, 0.717) is 19.4 Å². The average Bonchev–Trinajstić information content (AvgIpc) is 2.94. The summed E-state index contributed by atoms with van der Waals surface area (Å²) in [6.07, 6.45) is -0.655. The number of nitrogens with one attached hydrogen (secondary N) is 1. The number of carbonyl (C=O) groups excluding carboxylic acids is 1. The molecule has 18 heavy (non-hydrogen) atoms. The number of ether oxygens (including phenoxy) is 1. The van der Waals surface area contributed by atoms with Gasteiger partial charge in [0.2, 0.25) is 5.91 Å². The van der Waals surface area contributed by atoms with E-state index >= 15 is 0 Å². The second kappa shape index (κ2) is 5.81. The lowest BCUT2D eigenvalue weighted by molar-refractivity contribution is -0.151. The fraction of sp³-hybridized carbons (Fsp3) is 0.455. The number of thiophene rings is 1. The predicted octanol–water partition coefficient (Wildman–Crippen LogP) is 1.76. The van der Waals surface area contributed by atoms with Gasteiger partial charge in [-0.2, -0.15) is 0 Å². The van der Waals surface area contributed by atoms with Crippen LogP contribution in [-0.2, 0) is 20.9 Å². The topological polar surface area (TPSA) is 75.6 Å². The van der Waals surface area contributed by atoms with Crippen molar-refractivity contribution in [2.24, 2.45) is 0 Å². The van der Waals surface area contributed by atoms with Crippen molar-refractivity contribution in [3.05, 3.63) is 20.8 Å². The molecule has 0 aromatic carbocycles. The van der Waals surface area contributed by atoms with Crippen molar-refractivity contribution in [1.29, 1.82) is 0 Å². The van der Waals surface area contributed by atoms with Crippen LogP contribution in [0, 0.1) is 0 Å². The van der Waals surface area contributed by atoms with Gasteiger partial charge in [0.1, 0.15) is 6.10 Å². The SMILES string of the molecule is O=C(NCc1csc(Br)c1)[C@@H]1CC[C@H](C(=O)O)O1. The number of halogens is 1. The molecule has 1 fully saturated rings. The lowest BCUT2D eigenvalue weighted by atomic mass is 10.2. The van der Waals surface area contributed by atoms with E-state index in [2.05, 4.69) is 21.2 Å². The van der Waals surface area contributed by atoms with Gasteiger partial charge in [-0.05, 0) is 45.8 Å². The largest absolute Gasteiger partial charge is 0.479 e. The Bertz CT molecular complexity index is 462. The molecule has 2 rings (SSSR count). The lowest BCUT2D eigenvalue weighted by Crippen LogP contribution is -2.35. The second-order valence-electron chi connectivity index (χ2n) is 4.01. The number of hydrogen-bond acceptors (Lipinski definition) is 4. The van der Waals surface area contributed by atoms with E-state index in [0.717, 1.165) is 9.35 Å². The third-order valence-corrected chi connectivity index (χ3v) is 4.23. The molecule has 1 aliphatic rings. The fourth-order valence-corrected chi connectivity index (χ4v) is 2.96. The summed E-state index contributed by atoms with van der Waals surface area (Å²) < 4.78 is 6.17. The highest BCUT2D eigenvalue weighted by Gasteiger charge is 2.34. The van der Waals surface area contributed by atoms with Crippen molar-refractivity contribution in [3.63, 3.8) is 0 Å². The molecule has 0 saturated carbocycles. The van der Waals surface area contributed by atoms with Crippen LogP contribution in [0.2, 0.25) is 0 Å². The Balaban J connectivity index is 1.80. The molecular weight excluding hydrogens is 322 g/mol. The number of carboxylic acids is 1. The molecule has 0 unspecified atom stereocenters. The Hall–Kier alpha value is -0.920. The molecule has 5 nitrogen and oxygen atoms in total. The van der Waals surface area contributed by atoms with Gasteiger partial charge in [-0.1, -0.05) is 0 Å². The van der Waals surface area contributed by atoms with E-state index < -0.39 is 18.2 Å². The molecule has 1 aromatic heterocycles. The number of aliphatic carboxylic acids is 1. The third-order valence-electron chi connectivity index (χ3n) is 2.68. The first-order valence-corrected chi connectivity index (χ1v) is 7.12. The molecule has 1 saturated heterocycles. The van der Waals surface area contributed by atoms with Crippen LogP contribution in [0.1, 0.15) is 18.4 Å². The van der Waals surface area contributed by atoms with Gasteiger partial charge in [0, 0.05) is 6.54 Å². The summed E-state index contributed by atoms with van der Waals surface area (Å²) in [6, 6.07) is 1.93. The molecule has 2 atom stereocenters. The number of carboxylic acid groups (broad SMARTS) is 1. The number of hydrogen-bond donors (Lipinski definition) is 2. The van der Waals surface area contributed by atoms with Crippen LogP contribution in [0.5, 0.6) is 0 Å². The molecule has 1 amide bonds. The molecule has 0 radical (unpaired) electrons. The zero-order valence-electron chi connectivity index (χ0n) is 9.39. The monoisotopic (exact) mass is 333 g/mol. The quantitative estimate of drug-likeness (QED) is 0.880. The molecule has 1 aliphatic heterocycles. The summed E-state index contributed by atoms with van der Waals surface area (Å²) >= 11 is 4.89. The van der Waals surface area contributed by atoms with Gasteiger partial charge in [0.15, 0.2) is 6.10 Å². The zero-order chi connectivity index (χ0) is 13.1. The van der Waals surface area contributed by atoms with Crippen molar-refractivity contribution in [2.45, 2.75) is 31.6 Å². The van der Waals surface area contributed by atoms with E-state index in [1.807, 2.05) is 11.4 Å². The predicted molar refractivity (Wildman–Crippen MR) is 69.4 cm³/mol. The molecule has 0 bridgehead atoms. The summed E-state index contributed by atoms with van der Waals surface area (Å²) in [7, 11) is 0. The molecule has 0 aliphatic carbocycles. The van der Waals surface area contributed by atoms with Gasteiger partial charge in [-0.25, -0.2) is 4.79 Å². The smallest absolute Gasteiger partial charge is 0.332 e. The number of rotatable bonds is 4. The average molecular weight is 334 g/mol. The summed E-state index contributed by atoms with van der Waals surface area (Å²) in [5.74, 6) is -1.26. The molecular formula is C11H12BrNO4S. The number of carbonyl (C=O) groups is 2. The van der Waals surface area contributed by atoms with Gasteiger partial charge in [-0.3, -0.25) is 4.79 Å². The highest BCUT2D eigenvalue weighted by Crippen LogP contribution is 2.22. The minimum absolute atomic E-state index is 0.249. The van der Waals surface area contributed by atoms with E-state index in [-0.39, 0.29) is 5.91 Å². The second-order valence-corrected chi connectivity index (χ2v) is 6.30. The van der Waals surface area contributed by atoms with Crippen LogP contribution >= 0.6 is 27.3 Å². The molecule has 2 N–H and O–H groups in total.